The molecule has 0 bridgehead atoms. The van der Waals surface area contributed by atoms with Gasteiger partial charge in [-0.15, -0.1) is 0 Å². The molecular weight excluding hydrogens is 395 g/mol. The van der Waals surface area contributed by atoms with E-state index in [1.807, 2.05) is 13.0 Å². The van der Waals surface area contributed by atoms with Gasteiger partial charge in [-0.25, -0.2) is 4.39 Å². The fourth-order valence-corrected chi connectivity index (χ4v) is 4.13. The fourth-order valence-electron chi connectivity index (χ4n) is 4.13. The van der Waals surface area contributed by atoms with Gasteiger partial charge in [0.05, 0.1) is 6.26 Å². The molecule has 6 heteroatoms. The van der Waals surface area contributed by atoms with Crippen molar-refractivity contribution in [1.29, 1.82) is 0 Å². The van der Waals surface area contributed by atoms with E-state index < -0.39 is 23.7 Å². The molecule has 2 aromatic carbocycles. The molecule has 1 heterocycles. The molecule has 31 heavy (non-hydrogen) atoms. The lowest BCUT2D eigenvalue weighted by Crippen LogP contribution is -2.46. The van der Waals surface area contributed by atoms with Crippen LogP contribution in [0.25, 0.3) is 0 Å². The maximum absolute atomic E-state index is 14.9. The van der Waals surface area contributed by atoms with E-state index in [-0.39, 0.29) is 17.4 Å². The number of rotatable bonds is 6. The van der Waals surface area contributed by atoms with Gasteiger partial charge < -0.3 is 9.73 Å². The normalized spacial score (nSPS) is 14.9. The summed E-state index contributed by atoms with van der Waals surface area (Å²) in [6, 6.07) is 15.3. The van der Waals surface area contributed by atoms with Crippen molar-refractivity contribution in [3.8, 4) is 0 Å². The summed E-state index contributed by atoms with van der Waals surface area (Å²) in [5.74, 6) is -1.38. The lowest BCUT2D eigenvalue weighted by atomic mass is 10.0. The van der Waals surface area contributed by atoms with Gasteiger partial charge in [0.15, 0.2) is 5.76 Å². The second-order valence-electron chi connectivity index (χ2n) is 7.91. The first-order chi connectivity index (χ1) is 15.0. The number of halogens is 1. The van der Waals surface area contributed by atoms with E-state index in [1.165, 1.54) is 17.2 Å². The van der Waals surface area contributed by atoms with Crippen LogP contribution in [0.5, 0.6) is 0 Å². The first-order valence-corrected chi connectivity index (χ1v) is 10.5. The van der Waals surface area contributed by atoms with E-state index in [0.717, 1.165) is 31.2 Å². The molecule has 1 aliphatic rings. The molecule has 3 aromatic rings. The van der Waals surface area contributed by atoms with Crippen molar-refractivity contribution in [1.82, 2.24) is 5.32 Å². The van der Waals surface area contributed by atoms with Gasteiger partial charge in [0, 0.05) is 17.3 Å². The van der Waals surface area contributed by atoms with Crippen LogP contribution < -0.4 is 10.2 Å². The maximum Gasteiger partial charge on any atom is 0.294 e. The average molecular weight is 420 g/mol. The standard InChI is InChI=1S/C25H25FN2O3/c1-17-8-6-11-19(16-17)28(25(30)22-14-7-15-31-22)23(20-12-4-5-13-21(20)26)24(29)27-18-9-2-3-10-18/h4-8,11-16,18,23H,2-3,9-10H2,1H3,(H,27,29)/t23-/m1/s1. The van der Waals surface area contributed by atoms with E-state index in [0.29, 0.717) is 5.69 Å². The Morgan fingerprint density at radius 2 is 1.84 bits per heavy atom. The molecule has 0 spiro atoms. The molecule has 2 amide bonds. The number of benzene rings is 2. The summed E-state index contributed by atoms with van der Waals surface area (Å²) < 4.78 is 20.3. The Morgan fingerprint density at radius 3 is 2.52 bits per heavy atom. The molecule has 0 radical (unpaired) electrons. The molecule has 0 saturated heterocycles. The number of carbonyl (C=O) groups excluding carboxylic acids is 2. The molecule has 0 unspecified atom stereocenters. The second-order valence-corrected chi connectivity index (χ2v) is 7.91. The van der Waals surface area contributed by atoms with Gasteiger partial charge >= 0.3 is 0 Å². The van der Waals surface area contributed by atoms with Crippen molar-refractivity contribution < 1.29 is 18.4 Å². The Labute approximate surface area is 180 Å². The number of aryl methyl sites for hydroxylation is 1. The first-order valence-electron chi connectivity index (χ1n) is 10.5. The van der Waals surface area contributed by atoms with Gasteiger partial charge in [0.25, 0.3) is 5.91 Å². The van der Waals surface area contributed by atoms with Gasteiger partial charge in [-0.1, -0.05) is 43.2 Å². The summed E-state index contributed by atoms with van der Waals surface area (Å²) in [7, 11) is 0. The number of anilines is 1. The monoisotopic (exact) mass is 420 g/mol. The topological polar surface area (TPSA) is 62.6 Å². The van der Waals surface area contributed by atoms with Crippen molar-refractivity contribution >= 4 is 17.5 Å². The summed E-state index contributed by atoms with van der Waals surface area (Å²) in [5.41, 5.74) is 1.55. The van der Waals surface area contributed by atoms with Crippen molar-refractivity contribution in [3.05, 3.63) is 89.6 Å². The van der Waals surface area contributed by atoms with Crippen molar-refractivity contribution in [2.45, 2.75) is 44.7 Å². The fraction of sp³-hybridized carbons (Fsp3) is 0.280. The van der Waals surface area contributed by atoms with Crippen LogP contribution in [0.1, 0.15) is 53.4 Å². The zero-order chi connectivity index (χ0) is 21.8. The minimum Gasteiger partial charge on any atom is -0.459 e. The number of furan rings is 1. The molecule has 1 atom stereocenters. The average Bonchev–Trinajstić information content (AvgIpc) is 3.46. The van der Waals surface area contributed by atoms with Crippen molar-refractivity contribution in [2.24, 2.45) is 0 Å². The van der Waals surface area contributed by atoms with E-state index in [1.54, 1.807) is 48.5 Å². The largest absolute Gasteiger partial charge is 0.459 e. The lowest BCUT2D eigenvalue weighted by molar-refractivity contribution is -0.123. The van der Waals surface area contributed by atoms with Gasteiger partial charge in [-0.3, -0.25) is 14.5 Å². The van der Waals surface area contributed by atoms with Crippen LogP contribution in [0.4, 0.5) is 10.1 Å². The van der Waals surface area contributed by atoms with Crippen LogP contribution in [0.3, 0.4) is 0 Å². The molecule has 5 nitrogen and oxygen atoms in total. The summed E-state index contributed by atoms with van der Waals surface area (Å²) in [5, 5.41) is 3.04. The highest BCUT2D eigenvalue weighted by atomic mass is 19.1. The number of nitrogens with one attached hydrogen (secondary N) is 1. The highest BCUT2D eigenvalue weighted by Crippen LogP contribution is 2.32. The molecular formula is C25H25FN2O3. The molecule has 1 aliphatic carbocycles. The molecule has 160 valence electrons. The quantitative estimate of drug-likeness (QED) is 0.598. The van der Waals surface area contributed by atoms with Gasteiger partial charge in [0.2, 0.25) is 5.91 Å². The molecule has 1 N–H and O–H groups in total. The molecule has 1 aromatic heterocycles. The van der Waals surface area contributed by atoms with Gasteiger partial charge in [-0.05, 0) is 55.7 Å². The van der Waals surface area contributed by atoms with Crippen LogP contribution >= 0.6 is 0 Å². The first kappa shape index (κ1) is 20.8. The smallest absolute Gasteiger partial charge is 0.294 e. The highest BCUT2D eigenvalue weighted by Gasteiger charge is 2.37. The Morgan fingerprint density at radius 1 is 1.06 bits per heavy atom. The predicted octanol–water partition coefficient (Wildman–Crippen LogP) is 5.17. The Bertz CT molecular complexity index is 1060. The van der Waals surface area contributed by atoms with Crippen molar-refractivity contribution in [3.63, 3.8) is 0 Å². The van der Waals surface area contributed by atoms with Crippen LogP contribution in [-0.4, -0.2) is 17.9 Å². The molecule has 4 rings (SSSR count). The van der Waals surface area contributed by atoms with Crippen molar-refractivity contribution in [2.75, 3.05) is 4.90 Å². The van der Waals surface area contributed by atoms with Gasteiger partial charge in [-0.2, -0.15) is 0 Å². The number of amides is 2. The van der Waals surface area contributed by atoms with Crippen LogP contribution in [-0.2, 0) is 4.79 Å². The number of hydrogen-bond donors (Lipinski definition) is 1. The van der Waals surface area contributed by atoms with E-state index in [2.05, 4.69) is 5.32 Å². The lowest BCUT2D eigenvalue weighted by Gasteiger charge is -2.32. The third-order valence-electron chi connectivity index (χ3n) is 5.64. The minimum absolute atomic E-state index is 0.0276. The minimum atomic E-state index is -1.18. The second kappa shape index (κ2) is 9.16. The summed E-state index contributed by atoms with van der Waals surface area (Å²) in [6.45, 7) is 1.90. The number of nitrogens with zero attached hydrogens (tertiary/aromatic N) is 1. The third kappa shape index (κ3) is 4.53. The van der Waals surface area contributed by atoms with Crippen LogP contribution in [0.15, 0.2) is 71.3 Å². The zero-order valence-corrected chi connectivity index (χ0v) is 17.4. The molecule has 0 aliphatic heterocycles. The highest BCUT2D eigenvalue weighted by molar-refractivity contribution is 6.08. The maximum atomic E-state index is 14.9. The summed E-state index contributed by atoms with van der Waals surface area (Å²) in [6.07, 6.45) is 5.25. The Balaban J connectivity index is 1.83. The number of carbonyl (C=O) groups is 2. The SMILES string of the molecule is Cc1cccc(N(C(=O)c2ccco2)[C@@H](C(=O)NC2CCCC2)c2ccccc2F)c1. The number of hydrogen-bond acceptors (Lipinski definition) is 3. The van der Waals surface area contributed by atoms with E-state index in [4.69, 9.17) is 4.42 Å². The van der Waals surface area contributed by atoms with E-state index >= 15 is 0 Å². The van der Waals surface area contributed by atoms with Crippen LogP contribution in [0, 0.1) is 12.7 Å². The zero-order valence-electron chi connectivity index (χ0n) is 17.4. The predicted molar refractivity (Wildman–Crippen MR) is 116 cm³/mol. The van der Waals surface area contributed by atoms with Gasteiger partial charge in [0.1, 0.15) is 11.9 Å². The third-order valence-corrected chi connectivity index (χ3v) is 5.64. The Kier molecular flexibility index (Phi) is 6.16. The molecule has 1 saturated carbocycles. The van der Waals surface area contributed by atoms with Crippen LogP contribution in [0.2, 0.25) is 0 Å². The summed E-state index contributed by atoms with van der Waals surface area (Å²) in [4.78, 5) is 28.4. The van der Waals surface area contributed by atoms with E-state index in [9.17, 15) is 14.0 Å². The summed E-state index contributed by atoms with van der Waals surface area (Å²) >= 11 is 0. The molecule has 1 fully saturated rings. The Hall–Kier alpha value is -3.41.